The molecular formula is C25H26Cl2N2O6S. The normalized spacial score (nSPS) is 12.1. The molecule has 0 bridgehead atoms. The third-order valence-electron chi connectivity index (χ3n) is 5.45. The topological polar surface area (TPSA) is 114 Å². The Morgan fingerprint density at radius 1 is 0.944 bits per heavy atom. The zero-order valence-corrected chi connectivity index (χ0v) is 22.2. The van der Waals surface area contributed by atoms with Crippen molar-refractivity contribution in [3.05, 3.63) is 81.3 Å². The Labute approximate surface area is 220 Å². The molecule has 192 valence electrons. The number of anilines is 1. The maximum Gasteiger partial charge on any atom is 0.319 e. The molecule has 8 nitrogen and oxygen atoms in total. The number of methoxy groups -OCH3 is 2. The van der Waals surface area contributed by atoms with E-state index in [2.05, 4.69) is 10.6 Å². The number of carbonyl (C=O) groups excluding carboxylic acids is 1. The van der Waals surface area contributed by atoms with Crippen LogP contribution in [-0.4, -0.2) is 33.8 Å². The first-order valence-corrected chi connectivity index (χ1v) is 13.2. The monoisotopic (exact) mass is 552 g/mol. The fourth-order valence-electron chi connectivity index (χ4n) is 3.48. The van der Waals surface area contributed by atoms with E-state index in [0.717, 1.165) is 0 Å². The van der Waals surface area contributed by atoms with Gasteiger partial charge in [-0.1, -0.05) is 53.5 Å². The number of sulfone groups is 1. The summed E-state index contributed by atoms with van der Waals surface area (Å²) in [5.41, 5.74) is 2.16. The Balaban J connectivity index is 1.73. The zero-order valence-electron chi connectivity index (χ0n) is 19.8. The van der Waals surface area contributed by atoms with Crippen molar-refractivity contribution in [1.82, 2.24) is 5.32 Å². The molecule has 0 spiro atoms. The van der Waals surface area contributed by atoms with E-state index in [0.29, 0.717) is 22.4 Å². The molecular weight excluding hydrogens is 527 g/mol. The number of hydrogen-bond donors (Lipinski definition) is 3. The van der Waals surface area contributed by atoms with Gasteiger partial charge in [0.15, 0.2) is 9.84 Å². The third-order valence-corrected chi connectivity index (χ3v) is 8.02. The van der Waals surface area contributed by atoms with Crippen molar-refractivity contribution in [2.24, 2.45) is 0 Å². The van der Waals surface area contributed by atoms with Gasteiger partial charge in [-0.2, -0.15) is 0 Å². The Hall–Kier alpha value is -2.98. The summed E-state index contributed by atoms with van der Waals surface area (Å²) < 4.78 is 36.3. The number of aliphatic hydroxyl groups is 1. The van der Waals surface area contributed by atoms with Gasteiger partial charge in [0, 0.05) is 6.07 Å². The van der Waals surface area contributed by atoms with Crippen molar-refractivity contribution in [2.45, 2.75) is 30.2 Å². The van der Waals surface area contributed by atoms with Gasteiger partial charge in [0.05, 0.1) is 48.2 Å². The highest BCUT2D eigenvalue weighted by molar-refractivity contribution is 7.90. The summed E-state index contributed by atoms with van der Waals surface area (Å²) in [6, 6.07) is 13.2. The Kier molecular flexibility index (Phi) is 9.08. The maximum atomic E-state index is 12.9. The average molecular weight is 553 g/mol. The molecule has 0 saturated heterocycles. The van der Waals surface area contributed by atoms with Gasteiger partial charge < -0.3 is 25.2 Å². The third kappa shape index (κ3) is 6.41. The van der Waals surface area contributed by atoms with Crippen LogP contribution in [-0.2, 0) is 22.2 Å². The van der Waals surface area contributed by atoms with E-state index in [1.54, 1.807) is 43.3 Å². The summed E-state index contributed by atoms with van der Waals surface area (Å²) in [6.07, 6.45) is 0. The average Bonchev–Trinajstić information content (AvgIpc) is 2.85. The quantitative estimate of drug-likeness (QED) is 0.329. The summed E-state index contributed by atoms with van der Waals surface area (Å²) in [5.74, 6) is 0.377. The Morgan fingerprint density at radius 3 is 2.19 bits per heavy atom. The summed E-state index contributed by atoms with van der Waals surface area (Å²) in [5, 5.41) is 15.1. The lowest BCUT2D eigenvalue weighted by atomic mass is 10.1. The molecule has 3 N–H and O–H groups in total. The van der Waals surface area contributed by atoms with Crippen molar-refractivity contribution < 1.29 is 27.8 Å². The fraction of sp³-hybridized carbons (Fsp3) is 0.240. The minimum Gasteiger partial charge on any atom is -0.495 e. The number of hydrogen-bond acceptors (Lipinski definition) is 6. The van der Waals surface area contributed by atoms with E-state index < -0.39 is 21.9 Å². The van der Waals surface area contributed by atoms with Crippen LogP contribution in [0.25, 0.3) is 0 Å². The predicted octanol–water partition coefficient (Wildman–Crippen LogP) is 5.36. The number of carbonyl (C=O) groups is 1. The molecule has 0 aliphatic rings. The smallest absolute Gasteiger partial charge is 0.319 e. The molecule has 0 aromatic heterocycles. The van der Waals surface area contributed by atoms with E-state index in [-0.39, 0.29) is 38.7 Å². The molecule has 1 unspecified atom stereocenters. The van der Waals surface area contributed by atoms with Gasteiger partial charge in [0.25, 0.3) is 0 Å². The Bertz CT molecular complexity index is 1350. The van der Waals surface area contributed by atoms with Gasteiger partial charge in [0.1, 0.15) is 16.5 Å². The molecule has 0 fully saturated rings. The summed E-state index contributed by atoms with van der Waals surface area (Å²) in [6.45, 7) is 1.62. The molecule has 0 aliphatic heterocycles. The van der Waals surface area contributed by atoms with Crippen LogP contribution >= 0.6 is 23.2 Å². The highest BCUT2D eigenvalue weighted by Crippen LogP contribution is 2.37. The second kappa shape index (κ2) is 11.8. The number of ether oxygens (including phenoxy) is 2. The molecule has 0 aliphatic carbocycles. The number of urea groups is 1. The first-order chi connectivity index (χ1) is 17.1. The van der Waals surface area contributed by atoms with E-state index in [9.17, 15) is 13.2 Å². The number of amides is 2. The van der Waals surface area contributed by atoms with Crippen LogP contribution in [0.15, 0.2) is 59.5 Å². The number of benzene rings is 3. The second-order valence-electron chi connectivity index (χ2n) is 7.90. The van der Waals surface area contributed by atoms with Crippen LogP contribution in [0.2, 0.25) is 10.0 Å². The van der Waals surface area contributed by atoms with Crippen molar-refractivity contribution in [1.29, 1.82) is 0 Å². The molecule has 11 heteroatoms. The lowest BCUT2D eigenvalue weighted by molar-refractivity contribution is 0.249. The molecule has 2 amide bonds. The van der Waals surface area contributed by atoms with Crippen molar-refractivity contribution in [2.75, 3.05) is 19.5 Å². The largest absolute Gasteiger partial charge is 0.495 e. The number of halogens is 2. The number of rotatable bonds is 9. The van der Waals surface area contributed by atoms with Crippen LogP contribution in [0.4, 0.5) is 10.5 Å². The van der Waals surface area contributed by atoms with Gasteiger partial charge >= 0.3 is 6.03 Å². The molecule has 1 atom stereocenters. The predicted molar refractivity (Wildman–Crippen MR) is 140 cm³/mol. The molecule has 3 aromatic rings. The second-order valence-corrected chi connectivity index (χ2v) is 10.6. The van der Waals surface area contributed by atoms with Crippen LogP contribution in [0.5, 0.6) is 11.5 Å². The van der Waals surface area contributed by atoms with Crippen LogP contribution < -0.4 is 20.1 Å². The Morgan fingerprint density at radius 2 is 1.58 bits per heavy atom. The highest BCUT2D eigenvalue weighted by Gasteiger charge is 2.20. The van der Waals surface area contributed by atoms with E-state index in [1.165, 1.54) is 32.4 Å². The molecule has 36 heavy (non-hydrogen) atoms. The molecule has 0 heterocycles. The SMILES string of the molecule is COc1cc(S(=O)(=O)Cc2ccc(CO)cc2)ccc1NC(=O)NC(C)c1ccc(OC)c(Cl)c1Cl. The van der Waals surface area contributed by atoms with Crippen LogP contribution in [0.3, 0.4) is 0 Å². The van der Waals surface area contributed by atoms with Crippen LogP contribution in [0, 0.1) is 0 Å². The molecule has 0 saturated carbocycles. The summed E-state index contributed by atoms with van der Waals surface area (Å²) in [4.78, 5) is 12.7. The van der Waals surface area contributed by atoms with Gasteiger partial charge in [-0.3, -0.25) is 0 Å². The number of nitrogens with one attached hydrogen (secondary N) is 2. The van der Waals surface area contributed by atoms with Crippen molar-refractivity contribution >= 4 is 44.8 Å². The summed E-state index contributed by atoms with van der Waals surface area (Å²) >= 11 is 12.5. The lowest BCUT2D eigenvalue weighted by Crippen LogP contribution is -2.31. The maximum absolute atomic E-state index is 12.9. The van der Waals surface area contributed by atoms with Gasteiger partial charge in [-0.15, -0.1) is 0 Å². The first kappa shape index (κ1) is 27.6. The van der Waals surface area contributed by atoms with Gasteiger partial charge in [-0.25, -0.2) is 13.2 Å². The lowest BCUT2D eigenvalue weighted by Gasteiger charge is -2.19. The molecule has 0 radical (unpaired) electrons. The molecule has 3 aromatic carbocycles. The van der Waals surface area contributed by atoms with Crippen molar-refractivity contribution in [3.8, 4) is 11.5 Å². The van der Waals surface area contributed by atoms with Gasteiger partial charge in [0.2, 0.25) is 0 Å². The fourth-order valence-corrected chi connectivity index (χ4v) is 5.41. The minimum atomic E-state index is -3.69. The first-order valence-electron chi connectivity index (χ1n) is 10.8. The summed E-state index contributed by atoms with van der Waals surface area (Å²) in [7, 11) is -0.832. The van der Waals surface area contributed by atoms with Gasteiger partial charge in [-0.05, 0) is 41.8 Å². The minimum absolute atomic E-state index is 0.0459. The van der Waals surface area contributed by atoms with Crippen LogP contribution in [0.1, 0.15) is 29.7 Å². The van der Waals surface area contributed by atoms with E-state index in [1.807, 2.05) is 0 Å². The highest BCUT2D eigenvalue weighted by atomic mass is 35.5. The molecule has 3 rings (SSSR count). The number of aliphatic hydroxyl groups excluding tert-OH is 1. The van der Waals surface area contributed by atoms with E-state index in [4.69, 9.17) is 37.8 Å². The standard InChI is InChI=1S/C25H26Cl2N2O6S/c1-15(19-9-11-21(34-2)24(27)23(19)26)28-25(31)29-20-10-8-18(12-22(20)35-3)36(32,33)14-17-6-4-16(13-30)5-7-17/h4-12,15,30H,13-14H2,1-3H3,(H2,28,29,31). The zero-order chi connectivity index (χ0) is 26.5. The van der Waals surface area contributed by atoms with Crippen molar-refractivity contribution in [3.63, 3.8) is 0 Å². The van der Waals surface area contributed by atoms with E-state index >= 15 is 0 Å².